The van der Waals surface area contributed by atoms with Crippen LogP contribution in [0.2, 0.25) is 0 Å². The van der Waals surface area contributed by atoms with Gasteiger partial charge < -0.3 is 0 Å². The van der Waals surface area contributed by atoms with E-state index in [0.717, 1.165) is 12.0 Å². The number of carbonyl (C=O) groups excluding carboxylic acids is 1. The van der Waals surface area contributed by atoms with E-state index in [2.05, 4.69) is 10.5 Å². The van der Waals surface area contributed by atoms with Gasteiger partial charge in [-0.3, -0.25) is 4.79 Å². The Morgan fingerprint density at radius 2 is 2.07 bits per heavy atom. The van der Waals surface area contributed by atoms with Crippen LogP contribution < -0.4 is 5.43 Å². The molecule has 0 radical (unpaired) electrons. The fourth-order valence-corrected chi connectivity index (χ4v) is 1.11. The quantitative estimate of drug-likeness (QED) is 0.593. The lowest BCUT2D eigenvalue weighted by Gasteiger charge is -1.96. The maximum atomic E-state index is 11.1. The van der Waals surface area contributed by atoms with Crippen LogP contribution in [0.15, 0.2) is 29.4 Å². The summed E-state index contributed by atoms with van der Waals surface area (Å²) in [6.07, 6.45) is 3.00. The van der Waals surface area contributed by atoms with Crippen LogP contribution in [-0.4, -0.2) is 12.1 Å². The molecule has 0 saturated heterocycles. The molecule has 0 spiro atoms. The van der Waals surface area contributed by atoms with Crippen molar-refractivity contribution in [2.45, 2.75) is 26.7 Å². The number of hydrogen-bond acceptors (Lipinski definition) is 2. The third kappa shape index (κ3) is 4.40. The van der Waals surface area contributed by atoms with Crippen molar-refractivity contribution in [1.82, 2.24) is 5.43 Å². The fourth-order valence-electron chi connectivity index (χ4n) is 1.11. The first kappa shape index (κ1) is 11.4. The lowest BCUT2D eigenvalue weighted by atomic mass is 10.2. The Balaban J connectivity index is 2.44. The highest BCUT2D eigenvalue weighted by Gasteiger charge is 1.94. The number of hydrogen-bond donors (Lipinski definition) is 1. The van der Waals surface area contributed by atoms with Gasteiger partial charge in [0.25, 0.3) is 0 Å². The SMILES string of the molecule is CCCC(=O)N/N=C/c1ccc(C)cc1. The standard InChI is InChI=1S/C12H16N2O/c1-3-4-12(15)14-13-9-11-7-5-10(2)6-8-11/h5-9H,3-4H2,1-2H3,(H,14,15)/b13-9+. The van der Waals surface area contributed by atoms with Crippen molar-refractivity contribution in [3.8, 4) is 0 Å². The average Bonchev–Trinajstić information content (AvgIpc) is 2.21. The first-order valence-corrected chi connectivity index (χ1v) is 5.11. The third-order valence-electron chi connectivity index (χ3n) is 1.96. The summed E-state index contributed by atoms with van der Waals surface area (Å²) in [7, 11) is 0. The van der Waals surface area contributed by atoms with Crippen LogP contribution in [-0.2, 0) is 4.79 Å². The first-order valence-electron chi connectivity index (χ1n) is 5.11. The van der Waals surface area contributed by atoms with Gasteiger partial charge in [0.15, 0.2) is 0 Å². The summed E-state index contributed by atoms with van der Waals surface area (Å²) in [6, 6.07) is 7.94. The minimum Gasteiger partial charge on any atom is -0.273 e. The zero-order chi connectivity index (χ0) is 11.1. The molecule has 0 atom stereocenters. The minimum absolute atomic E-state index is 0.0409. The molecule has 0 heterocycles. The molecule has 15 heavy (non-hydrogen) atoms. The number of hydrazone groups is 1. The topological polar surface area (TPSA) is 41.5 Å². The average molecular weight is 204 g/mol. The number of amides is 1. The van der Waals surface area contributed by atoms with Gasteiger partial charge in [-0.1, -0.05) is 36.8 Å². The van der Waals surface area contributed by atoms with Crippen LogP contribution in [0, 0.1) is 6.92 Å². The number of carbonyl (C=O) groups is 1. The summed E-state index contributed by atoms with van der Waals surface area (Å²) in [6.45, 7) is 3.99. The second kappa shape index (κ2) is 5.96. The van der Waals surface area contributed by atoms with Crippen LogP contribution >= 0.6 is 0 Å². The lowest BCUT2D eigenvalue weighted by Crippen LogP contribution is -2.16. The lowest BCUT2D eigenvalue weighted by molar-refractivity contribution is -0.121. The molecule has 0 unspecified atom stereocenters. The fraction of sp³-hybridized carbons (Fsp3) is 0.333. The summed E-state index contributed by atoms with van der Waals surface area (Å²) < 4.78 is 0. The van der Waals surface area contributed by atoms with E-state index in [1.807, 2.05) is 38.1 Å². The zero-order valence-corrected chi connectivity index (χ0v) is 9.16. The van der Waals surface area contributed by atoms with Gasteiger partial charge in [-0.15, -0.1) is 0 Å². The van der Waals surface area contributed by atoms with E-state index in [0.29, 0.717) is 6.42 Å². The van der Waals surface area contributed by atoms with E-state index in [-0.39, 0.29) is 5.91 Å². The molecule has 1 aromatic carbocycles. The van der Waals surface area contributed by atoms with E-state index < -0.39 is 0 Å². The van der Waals surface area contributed by atoms with E-state index >= 15 is 0 Å². The Bertz CT molecular complexity index is 341. The highest BCUT2D eigenvalue weighted by atomic mass is 16.2. The van der Waals surface area contributed by atoms with Gasteiger partial charge >= 0.3 is 0 Å². The molecule has 0 aromatic heterocycles. The molecule has 3 nitrogen and oxygen atoms in total. The Morgan fingerprint density at radius 3 is 2.67 bits per heavy atom. The van der Waals surface area contributed by atoms with Crippen LogP contribution in [0.4, 0.5) is 0 Å². The predicted molar refractivity (Wildman–Crippen MR) is 61.8 cm³/mol. The zero-order valence-electron chi connectivity index (χ0n) is 9.16. The molecule has 0 fully saturated rings. The summed E-state index contributed by atoms with van der Waals surface area (Å²) in [5, 5.41) is 3.87. The van der Waals surface area contributed by atoms with Gasteiger partial charge in [-0.05, 0) is 18.9 Å². The second-order valence-electron chi connectivity index (χ2n) is 3.45. The van der Waals surface area contributed by atoms with Crippen LogP contribution in [0.25, 0.3) is 0 Å². The molecule has 0 aliphatic carbocycles. The van der Waals surface area contributed by atoms with E-state index in [4.69, 9.17) is 0 Å². The number of aryl methyl sites for hydroxylation is 1. The molecule has 3 heteroatoms. The minimum atomic E-state index is -0.0409. The van der Waals surface area contributed by atoms with Crippen molar-refractivity contribution in [3.05, 3.63) is 35.4 Å². The van der Waals surface area contributed by atoms with Crippen molar-refractivity contribution in [2.24, 2.45) is 5.10 Å². The predicted octanol–water partition coefficient (Wildman–Crippen LogP) is 2.25. The molecule has 1 aromatic rings. The summed E-state index contributed by atoms with van der Waals surface area (Å²) in [4.78, 5) is 11.1. The summed E-state index contributed by atoms with van der Waals surface area (Å²) in [5.41, 5.74) is 4.67. The molecular weight excluding hydrogens is 188 g/mol. The highest BCUT2D eigenvalue weighted by molar-refractivity contribution is 5.82. The number of nitrogens with one attached hydrogen (secondary N) is 1. The normalized spacial score (nSPS) is 10.5. The maximum Gasteiger partial charge on any atom is 0.240 e. The molecule has 1 rings (SSSR count). The van der Waals surface area contributed by atoms with Crippen molar-refractivity contribution < 1.29 is 4.79 Å². The van der Waals surface area contributed by atoms with Crippen LogP contribution in [0.3, 0.4) is 0 Å². The first-order chi connectivity index (χ1) is 7.22. The molecular formula is C12H16N2O. The van der Waals surface area contributed by atoms with Gasteiger partial charge in [0.1, 0.15) is 0 Å². The molecule has 0 aliphatic rings. The van der Waals surface area contributed by atoms with Crippen molar-refractivity contribution in [3.63, 3.8) is 0 Å². The van der Waals surface area contributed by atoms with E-state index in [1.54, 1.807) is 6.21 Å². The Morgan fingerprint density at radius 1 is 1.40 bits per heavy atom. The van der Waals surface area contributed by atoms with Gasteiger partial charge in [0, 0.05) is 6.42 Å². The van der Waals surface area contributed by atoms with Crippen molar-refractivity contribution in [1.29, 1.82) is 0 Å². The second-order valence-corrected chi connectivity index (χ2v) is 3.45. The van der Waals surface area contributed by atoms with E-state index in [1.165, 1.54) is 5.56 Å². The molecule has 1 amide bonds. The number of benzene rings is 1. The van der Waals surface area contributed by atoms with Crippen LogP contribution in [0.1, 0.15) is 30.9 Å². The third-order valence-corrected chi connectivity index (χ3v) is 1.96. The highest BCUT2D eigenvalue weighted by Crippen LogP contribution is 1.99. The Hall–Kier alpha value is -1.64. The maximum absolute atomic E-state index is 11.1. The van der Waals surface area contributed by atoms with Gasteiger partial charge in [0.05, 0.1) is 6.21 Å². The molecule has 0 saturated carbocycles. The monoisotopic (exact) mass is 204 g/mol. The van der Waals surface area contributed by atoms with Crippen molar-refractivity contribution in [2.75, 3.05) is 0 Å². The number of rotatable bonds is 4. The number of nitrogens with zero attached hydrogens (tertiary/aromatic N) is 1. The molecule has 0 aliphatic heterocycles. The van der Waals surface area contributed by atoms with Gasteiger partial charge in [-0.25, -0.2) is 5.43 Å². The van der Waals surface area contributed by atoms with Gasteiger partial charge in [-0.2, -0.15) is 5.10 Å². The van der Waals surface area contributed by atoms with Crippen LogP contribution in [0.5, 0.6) is 0 Å². The molecule has 1 N–H and O–H groups in total. The molecule has 80 valence electrons. The largest absolute Gasteiger partial charge is 0.273 e. The molecule has 0 bridgehead atoms. The Kier molecular flexibility index (Phi) is 4.54. The summed E-state index contributed by atoms with van der Waals surface area (Å²) in [5.74, 6) is -0.0409. The van der Waals surface area contributed by atoms with E-state index in [9.17, 15) is 4.79 Å². The van der Waals surface area contributed by atoms with Crippen molar-refractivity contribution >= 4 is 12.1 Å². The smallest absolute Gasteiger partial charge is 0.240 e. The summed E-state index contributed by atoms with van der Waals surface area (Å²) >= 11 is 0. The Labute approximate surface area is 90.2 Å². The van der Waals surface area contributed by atoms with Gasteiger partial charge in [0.2, 0.25) is 5.91 Å².